The summed E-state index contributed by atoms with van der Waals surface area (Å²) in [5, 5.41) is 19.7. The van der Waals surface area contributed by atoms with Gasteiger partial charge >= 0.3 is 0 Å². The number of hydrogen-bond donors (Lipinski definition) is 2. The number of rotatable bonds is 3. The molecule has 0 aliphatic carbocycles. The molecule has 2 heterocycles. The van der Waals surface area contributed by atoms with Crippen LogP contribution in [0.4, 0.5) is 0 Å². The Bertz CT molecular complexity index is 512. The van der Waals surface area contributed by atoms with E-state index < -0.39 is 11.6 Å². The van der Waals surface area contributed by atoms with E-state index in [1.807, 2.05) is 0 Å². The first kappa shape index (κ1) is 11.4. The Morgan fingerprint density at radius 2 is 1.71 bits per heavy atom. The summed E-state index contributed by atoms with van der Waals surface area (Å²) in [6, 6.07) is 5.95. The van der Waals surface area contributed by atoms with Gasteiger partial charge in [-0.2, -0.15) is 0 Å². The second-order valence-corrected chi connectivity index (χ2v) is 3.48. The molecule has 0 atom stereocenters. The smallest absolute Gasteiger partial charge is 0.257 e. The van der Waals surface area contributed by atoms with Crippen LogP contribution in [0.15, 0.2) is 49.1 Å². The molecule has 0 fully saturated rings. The van der Waals surface area contributed by atoms with Crippen LogP contribution >= 0.6 is 0 Å². The summed E-state index contributed by atoms with van der Waals surface area (Å²) in [5.41, 5.74) is 0.148. The second kappa shape index (κ2) is 4.40. The van der Waals surface area contributed by atoms with Crippen LogP contribution in [0.3, 0.4) is 0 Å². The van der Waals surface area contributed by atoms with E-state index in [9.17, 15) is 15.0 Å². The summed E-state index contributed by atoms with van der Waals surface area (Å²) < 4.78 is 0. The van der Waals surface area contributed by atoms with Crippen molar-refractivity contribution in [1.82, 2.24) is 9.97 Å². The van der Waals surface area contributed by atoms with Crippen molar-refractivity contribution < 1.29 is 15.0 Å². The Balaban J connectivity index is 2.37. The van der Waals surface area contributed by atoms with Crippen LogP contribution in [0.2, 0.25) is 0 Å². The molecule has 0 saturated carbocycles. The molecule has 0 saturated heterocycles. The zero-order valence-corrected chi connectivity index (χ0v) is 8.82. The van der Waals surface area contributed by atoms with Gasteiger partial charge in [-0.15, -0.1) is 0 Å². The standard InChI is InChI=1S/C12H10N2O3/c15-11(9-3-1-5-13-7-9)12(16,17)10-4-2-6-14-8-10/h1-8,16-17H. The summed E-state index contributed by atoms with van der Waals surface area (Å²) in [6.07, 6.45) is 5.49. The minimum absolute atomic E-state index is 0.0221. The Morgan fingerprint density at radius 3 is 2.24 bits per heavy atom. The van der Waals surface area contributed by atoms with Crippen LogP contribution in [0.25, 0.3) is 0 Å². The molecule has 5 heteroatoms. The zero-order chi connectivity index (χ0) is 12.3. The molecule has 2 N–H and O–H groups in total. The maximum Gasteiger partial charge on any atom is 0.257 e. The third-order valence-electron chi connectivity index (χ3n) is 2.30. The third-order valence-corrected chi connectivity index (χ3v) is 2.30. The van der Waals surface area contributed by atoms with E-state index >= 15 is 0 Å². The van der Waals surface area contributed by atoms with Crippen molar-refractivity contribution >= 4 is 5.78 Å². The number of carbonyl (C=O) groups is 1. The lowest BCUT2D eigenvalue weighted by Crippen LogP contribution is -2.35. The van der Waals surface area contributed by atoms with Crippen LogP contribution in [-0.4, -0.2) is 26.0 Å². The number of nitrogens with zero attached hydrogens (tertiary/aromatic N) is 2. The molecule has 2 aromatic heterocycles. The lowest BCUT2D eigenvalue weighted by Gasteiger charge is -2.19. The normalized spacial score (nSPS) is 11.2. The molecule has 0 aromatic carbocycles. The number of aliphatic hydroxyl groups is 2. The molecular formula is C12H10N2O3. The van der Waals surface area contributed by atoms with Crippen LogP contribution in [0.1, 0.15) is 15.9 Å². The Hall–Kier alpha value is -2.11. The van der Waals surface area contributed by atoms with Crippen molar-refractivity contribution in [1.29, 1.82) is 0 Å². The van der Waals surface area contributed by atoms with E-state index in [-0.39, 0.29) is 11.1 Å². The van der Waals surface area contributed by atoms with Gasteiger partial charge in [0.2, 0.25) is 5.78 Å². The number of Topliss-reactive ketones (excluding diaryl/α,β-unsaturated/α-hetero) is 1. The summed E-state index contributed by atoms with van der Waals surface area (Å²) in [4.78, 5) is 19.4. The van der Waals surface area contributed by atoms with E-state index in [2.05, 4.69) is 9.97 Å². The monoisotopic (exact) mass is 230 g/mol. The lowest BCUT2D eigenvalue weighted by molar-refractivity contribution is -0.128. The summed E-state index contributed by atoms with van der Waals surface area (Å²) in [6.45, 7) is 0. The average Bonchev–Trinajstić information content (AvgIpc) is 2.40. The van der Waals surface area contributed by atoms with Gasteiger partial charge in [-0.25, -0.2) is 0 Å². The van der Waals surface area contributed by atoms with Gasteiger partial charge in [-0.1, -0.05) is 6.07 Å². The van der Waals surface area contributed by atoms with Gasteiger partial charge in [0.05, 0.1) is 0 Å². The second-order valence-electron chi connectivity index (χ2n) is 3.48. The van der Waals surface area contributed by atoms with E-state index in [4.69, 9.17) is 0 Å². The largest absolute Gasteiger partial charge is 0.356 e. The fourth-order valence-electron chi connectivity index (χ4n) is 1.40. The van der Waals surface area contributed by atoms with E-state index in [1.165, 1.54) is 43.0 Å². The van der Waals surface area contributed by atoms with Gasteiger partial charge in [-0.3, -0.25) is 14.8 Å². The first-order chi connectivity index (χ1) is 8.12. The molecule has 0 amide bonds. The molecule has 2 rings (SSSR count). The molecule has 0 aliphatic rings. The lowest BCUT2D eigenvalue weighted by atomic mass is 9.99. The Morgan fingerprint density at radius 1 is 1.06 bits per heavy atom. The van der Waals surface area contributed by atoms with E-state index in [0.29, 0.717) is 0 Å². The first-order valence-corrected chi connectivity index (χ1v) is 4.92. The highest BCUT2D eigenvalue weighted by Gasteiger charge is 2.36. The SMILES string of the molecule is O=C(c1cccnc1)C(O)(O)c1cccnc1. The van der Waals surface area contributed by atoms with Gasteiger partial charge in [0.25, 0.3) is 5.79 Å². The quantitative estimate of drug-likeness (QED) is 0.592. The van der Waals surface area contributed by atoms with Crippen LogP contribution in [0, 0.1) is 0 Å². The molecule has 2 aromatic rings. The number of pyridine rings is 2. The highest BCUT2D eigenvalue weighted by molar-refractivity contribution is 6.01. The molecule has 0 radical (unpaired) electrons. The summed E-state index contributed by atoms with van der Waals surface area (Å²) >= 11 is 0. The topological polar surface area (TPSA) is 83.3 Å². The van der Waals surface area contributed by atoms with Crippen molar-refractivity contribution in [2.45, 2.75) is 5.79 Å². The molecule has 0 aliphatic heterocycles. The molecule has 17 heavy (non-hydrogen) atoms. The van der Waals surface area contributed by atoms with E-state index in [0.717, 1.165) is 0 Å². The molecule has 5 nitrogen and oxygen atoms in total. The number of aromatic nitrogens is 2. The molecule has 0 unspecified atom stereocenters. The maximum atomic E-state index is 11.9. The predicted octanol–water partition coefficient (Wildman–Crippen LogP) is 0.497. The Kier molecular flexibility index (Phi) is 2.95. The van der Waals surface area contributed by atoms with E-state index in [1.54, 1.807) is 6.07 Å². The first-order valence-electron chi connectivity index (χ1n) is 4.92. The van der Waals surface area contributed by atoms with Crippen molar-refractivity contribution in [3.05, 3.63) is 60.2 Å². The summed E-state index contributed by atoms with van der Waals surface area (Å²) in [7, 11) is 0. The third kappa shape index (κ3) is 2.20. The number of hydrogen-bond acceptors (Lipinski definition) is 5. The fraction of sp³-hybridized carbons (Fsp3) is 0.0833. The average molecular weight is 230 g/mol. The fourth-order valence-corrected chi connectivity index (χ4v) is 1.40. The van der Waals surface area contributed by atoms with Gasteiger partial charge < -0.3 is 10.2 Å². The minimum atomic E-state index is -2.59. The molecular weight excluding hydrogens is 220 g/mol. The number of carbonyl (C=O) groups excluding carboxylic acids is 1. The summed E-state index contributed by atoms with van der Waals surface area (Å²) in [5.74, 6) is -3.42. The van der Waals surface area contributed by atoms with Crippen LogP contribution < -0.4 is 0 Å². The predicted molar refractivity (Wildman–Crippen MR) is 58.9 cm³/mol. The highest BCUT2D eigenvalue weighted by Crippen LogP contribution is 2.21. The van der Waals surface area contributed by atoms with Crippen LogP contribution in [-0.2, 0) is 5.79 Å². The van der Waals surface area contributed by atoms with Crippen molar-refractivity contribution in [3.8, 4) is 0 Å². The molecule has 0 spiro atoms. The van der Waals surface area contributed by atoms with Gasteiger partial charge in [0.1, 0.15) is 0 Å². The number of ketones is 1. The molecule has 0 bridgehead atoms. The van der Waals surface area contributed by atoms with Gasteiger partial charge in [0.15, 0.2) is 0 Å². The van der Waals surface area contributed by atoms with Crippen molar-refractivity contribution in [2.24, 2.45) is 0 Å². The zero-order valence-electron chi connectivity index (χ0n) is 8.82. The highest BCUT2D eigenvalue weighted by atomic mass is 16.5. The molecule has 86 valence electrons. The van der Waals surface area contributed by atoms with Crippen molar-refractivity contribution in [2.75, 3.05) is 0 Å². The maximum absolute atomic E-state index is 11.9. The van der Waals surface area contributed by atoms with Crippen LogP contribution in [0.5, 0.6) is 0 Å². The van der Waals surface area contributed by atoms with Gasteiger partial charge in [0, 0.05) is 35.9 Å². The van der Waals surface area contributed by atoms with Crippen molar-refractivity contribution in [3.63, 3.8) is 0 Å². The minimum Gasteiger partial charge on any atom is -0.356 e. The Labute approximate surface area is 97.4 Å². The van der Waals surface area contributed by atoms with Gasteiger partial charge in [-0.05, 0) is 18.2 Å².